The summed E-state index contributed by atoms with van der Waals surface area (Å²) in [6.07, 6.45) is 3.42. The number of hydrogen-bond acceptors (Lipinski definition) is 3. The van der Waals surface area contributed by atoms with Gasteiger partial charge in [0.2, 0.25) is 5.91 Å². The number of nitrogens with zero attached hydrogens (tertiary/aromatic N) is 1. The Morgan fingerprint density at radius 2 is 2.04 bits per heavy atom. The Morgan fingerprint density at radius 1 is 1.32 bits per heavy atom. The maximum atomic E-state index is 12.9. The zero-order chi connectivity index (χ0) is 18.3. The van der Waals surface area contributed by atoms with Gasteiger partial charge in [0.05, 0.1) is 5.41 Å². The van der Waals surface area contributed by atoms with Crippen LogP contribution in [-0.4, -0.2) is 48.7 Å². The Balaban J connectivity index is 1.87. The Labute approximate surface area is 147 Å². The van der Waals surface area contributed by atoms with Crippen molar-refractivity contribution in [1.82, 2.24) is 4.90 Å². The van der Waals surface area contributed by atoms with Crippen molar-refractivity contribution < 1.29 is 23.8 Å². The highest BCUT2D eigenvalue weighted by atomic mass is 19.1. The standard InChI is InChI=1S/C19H26FNO4/c1-25-13-11-19(18(23)24)10-3-12-21(14-19)17(22)5-2-4-15-6-8-16(20)9-7-15/h6-9H,2-5,10-14H2,1H3,(H,23,24)/t19-/m1/s1. The third-order valence-electron chi connectivity index (χ3n) is 4.94. The number of methoxy groups -OCH3 is 1. The van der Waals surface area contributed by atoms with Gasteiger partial charge in [0.25, 0.3) is 0 Å². The number of rotatable bonds is 8. The molecule has 1 fully saturated rings. The fraction of sp³-hybridized carbons (Fsp3) is 0.579. The van der Waals surface area contributed by atoms with Crippen LogP contribution in [0.2, 0.25) is 0 Å². The number of carbonyl (C=O) groups is 2. The number of halogens is 1. The molecule has 0 radical (unpaired) electrons. The summed E-state index contributed by atoms with van der Waals surface area (Å²) < 4.78 is 17.9. The van der Waals surface area contributed by atoms with E-state index in [2.05, 4.69) is 0 Å². The number of piperidine rings is 1. The summed E-state index contributed by atoms with van der Waals surface area (Å²) in [5, 5.41) is 9.64. The molecule has 1 N–H and O–H groups in total. The average molecular weight is 351 g/mol. The lowest BCUT2D eigenvalue weighted by Gasteiger charge is -2.40. The van der Waals surface area contributed by atoms with E-state index < -0.39 is 11.4 Å². The molecule has 1 aromatic carbocycles. The fourth-order valence-electron chi connectivity index (χ4n) is 3.38. The van der Waals surface area contributed by atoms with Crippen molar-refractivity contribution in [3.63, 3.8) is 0 Å². The van der Waals surface area contributed by atoms with Crippen LogP contribution in [0.4, 0.5) is 4.39 Å². The molecule has 0 bridgehead atoms. The summed E-state index contributed by atoms with van der Waals surface area (Å²) in [5.74, 6) is -1.13. The topological polar surface area (TPSA) is 66.8 Å². The lowest BCUT2D eigenvalue weighted by molar-refractivity contribution is -0.156. The molecule has 138 valence electrons. The average Bonchev–Trinajstić information content (AvgIpc) is 2.61. The fourth-order valence-corrected chi connectivity index (χ4v) is 3.38. The lowest BCUT2D eigenvalue weighted by Crippen LogP contribution is -2.50. The highest BCUT2D eigenvalue weighted by Gasteiger charge is 2.43. The van der Waals surface area contributed by atoms with E-state index in [0.29, 0.717) is 51.7 Å². The number of carboxylic acids is 1. The van der Waals surface area contributed by atoms with Crippen molar-refractivity contribution in [3.05, 3.63) is 35.6 Å². The zero-order valence-electron chi connectivity index (χ0n) is 14.7. The molecule has 1 amide bonds. The van der Waals surface area contributed by atoms with E-state index in [1.165, 1.54) is 12.1 Å². The van der Waals surface area contributed by atoms with Gasteiger partial charge in [0.1, 0.15) is 5.82 Å². The first kappa shape index (κ1) is 19.4. The summed E-state index contributed by atoms with van der Waals surface area (Å²) >= 11 is 0. The highest BCUT2D eigenvalue weighted by molar-refractivity contribution is 5.79. The first-order valence-electron chi connectivity index (χ1n) is 8.71. The molecular formula is C19H26FNO4. The monoisotopic (exact) mass is 351 g/mol. The second-order valence-electron chi connectivity index (χ2n) is 6.73. The van der Waals surface area contributed by atoms with Crippen LogP contribution in [0, 0.1) is 11.2 Å². The van der Waals surface area contributed by atoms with Gasteiger partial charge in [-0.3, -0.25) is 9.59 Å². The number of aryl methyl sites for hydroxylation is 1. The van der Waals surface area contributed by atoms with Crippen LogP contribution in [0.3, 0.4) is 0 Å². The van der Waals surface area contributed by atoms with Gasteiger partial charge in [-0.05, 0) is 49.8 Å². The summed E-state index contributed by atoms with van der Waals surface area (Å²) in [7, 11) is 1.55. The second-order valence-corrected chi connectivity index (χ2v) is 6.73. The van der Waals surface area contributed by atoms with Crippen LogP contribution >= 0.6 is 0 Å². The molecule has 1 aromatic rings. The third-order valence-corrected chi connectivity index (χ3v) is 4.94. The minimum absolute atomic E-state index is 0.00939. The molecule has 25 heavy (non-hydrogen) atoms. The van der Waals surface area contributed by atoms with Crippen molar-refractivity contribution in [1.29, 1.82) is 0 Å². The van der Waals surface area contributed by atoms with Crippen molar-refractivity contribution in [2.24, 2.45) is 5.41 Å². The molecule has 0 spiro atoms. The van der Waals surface area contributed by atoms with E-state index in [4.69, 9.17) is 4.74 Å². The van der Waals surface area contributed by atoms with Gasteiger partial charge in [0.15, 0.2) is 0 Å². The van der Waals surface area contributed by atoms with E-state index in [-0.39, 0.29) is 18.3 Å². The maximum absolute atomic E-state index is 12.9. The SMILES string of the molecule is COCC[C@]1(C(=O)O)CCCN(C(=O)CCCc2ccc(F)cc2)C1. The van der Waals surface area contributed by atoms with Gasteiger partial charge in [-0.1, -0.05) is 12.1 Å². The van der Waals surface area contributed by atoms with Gasteiger partial charge in [-0.25, -0.2) is 4.39 Å². The van der Waals surface area contributed by atoms with Crippen molar-refractivity contribution in [3.8, 4) is 0 Å². The first-order valence-corrected chi connectivity index (χ1v) is 8.71. The Hall–Kier alpha value is -1.95. The quantitative estimate of drug-likeness (QED) is 0.782. The molecular weight excluding hydrogens is 325 g/mol. The summed E-state index contributed by atoms with van der Waals surface area (Å²) in [4.78, 5) is 25.9. The van der Waals surface area contributed by atoms with Crippen molar-refractivity contribution in [2.45, 2.75) is 38.5 Å². The predicted molar refractivity (Wildman–Crippen MR) is 91.7 cm³/mol. The van der Waals surface area contributed by atoms with Gasteiger partial charge >= 0.3 is 5.97 Å². The van der Waals surface area contributed by atoms with E-state index in [1.807, 2.05) is 0 Å². The number of ether oxygens (including phenoxy) is 1. The number of benzene rings is 1. The van der Waals surface area contributed by atoms with Crippen molar-refractivity contribution >= 4 is 11.9 Å². The first-order chi connectivity index (χ1) is 12.0. The molecule has 1 atom stereocenters. The van der Waals surface area contributed by atoms with Crippen LogP contribution in [0.1, 0.15) is 37.7 Å². The number of hydrogen-bond donors (Lipinski definition) is 1. The van der Waals surface area contributed by atoms with Gasteiger partial charge in [0, 0.05) is 33.2 Å². The minimum atomic E-state index is -0.902. The lowest BCUT2D eigenvalue weighted by atomic mass is 9.77. The van der Waals surface area contributed by atoms with Crippen LogP contribution in [0.25, 0.3) is 0 Å². The highest BCUT2D eigenvalue weighted by Crippen LogP contribution is 2.34. The molecule has 0 saturated carbocycles. The number of carboxylic acid groups (broad SMARTS) is 1. The van der Waals surface area contributed by atoms with E-state index in [0.717, 1.165) is 5.56 Å². The predicted octanol–water partition coefficient (Wildman–Crippen LogP) is 2.88. The Bertz CT molecular complexity index is 590. The summed E-state index contributed by atoms with van der Waals surface area (Å²) in [5.41, 5.74) is 0.0914. The number of likely N-dealkylation sites (tertiary alicyclic amines) is 1. The Kier molecular flexibility index (Phi) is 6.93. The molecule has 1 aliphatic rings. The van der Waals surface area contributed by atoms with E-state index in [9.17, 15) is 19.1 Å². The van der Waals surface area contributed by atoms with E-state index in [1.54, 1.807) is 24.1 Å². The smallest absolute Gasteiger partial charge is 0.311 e. The molecule has 5 nitrogen and oxygen atoms in total. The van der Waals surface area contributed by atoms with Crippen LogP contribution in [-0.2, 0) is 20.7 Å². The normalized spacial score (nSPS) is 20.5. The minimum Gasteiger partial charge on any atom is -0.481 e. The second kappa shape index (κ2) is 8.94. The van der Waals surface area contributed by atoms with Crippen LogP contribution < -0.4 is 0 Å². The molecule has 1 heterocycles. The summed E-state index contributed by atoms with van der Waals surface area (Å²) in [6, 6.07) is 6.28. The number of carbonyl (C=O) groups excluding carboxylic acids is 1. The molecule has 6 heteroatoms. The number of aliphatic carboxylic acids is 1. The largest absolute Gasteiger partial charge is 0.481 e. The Morgan fingerprint density at radius 3 is 2.68 bits per heavy atom. The molecule has 1 saturated heterocycles. The van der Waals surface area contributed by atoms with Gasteiger partial charge in [-0.15, -0.1) is 0 Å². The third kappa shape index (κ3) is 5.26. The van der Waals surface area contributed by atoms with Gasteiger partial charge in [-0.2, -0.15) is 0 Å². The molecule has 1 aliphatic heterocycles. The van der Waals surface area contributed by atoms with Crippen LogP contribution in [0.15, 0.2) is 24.3 Å². The van der Waals surface area contributed by atoms with E-state index >= 15 is 0 Å². The van der Waals surface area contributed by atoms with Crippen molar-refractivity contribution in [2.75, 3.05) is 26.8 Å². The molecule has 0 aliphatic carbocycles. The summed E-state index contributed by atoms with van der Waals surface area (Å²) in [6.45, 7) is 1.23. The number of amides is 1. The maximum Gasteiger partial charge on any atom is 0.311 e. The molecule has 2 rings (SSSR count). The van der Waals surface area contributed by atoms with Crippen LogP contribution in [0.5, 0.6) is 0 Å². The molecule has 0 aromatic heterocycles. The zero-order valence-corrected chi connectivity index (χ0v) is 14.7. The van der Waals surface area contributed by atoms with Gasteiger partial charge < -0.3 is 14.7 Å². The molecule has 0 unspecified atom stereocenters.